The number of benzene rings is 2. The number of carbonyl (C=O) groups excluding carboxylic acids is 3. The topological polar surface area (TPSA) is 146 Å². The van der Waals surface area contributed by atoms with Crippen molar-refractivity contribution in [3.05, 3.63) is 59.7 Å². The van der Waals surface area contributed by atoms with Gasteiger partial charge in [-0.3, -0.25) is 30.9 Å². The molecule has 0 bridgehead atoms. The van der Waals surface area contributed by atoms with Crippen LogP contribution in [0, 0.1) is 11.8 Å². The van der Waals surface area contributed by atoms with Crippen molar-refractivity contribution in [2.75, 3.05) is 10.6 Å². The van der Waals surface area contributed by atoms with Crippen LogP contribution in [0.5, 0.6) is 0 Å². The lowest BCUT2D eigenvalue weighted by Crippen LogP contribution is -2.27. The minimum absolute atomic E-state index is 0.000304. The number of aryl methyl sites for hydroxylation is 1. The number of hydrogen-bond acceptors (Lipinski definition) is 6. The van der Waals surface area contributed by atoms with Crippen LogP contribution in [-0.4, -0.2) is 29.0 Å². The van der Waals surface area contributed by atoms with Crippen molar-refractivity contribution in [3.8, 4) is 0 Å². The second-order valence-electron chi connectivity index (χ2n) is 9.81. The summed E-state index contributed by atoms with van der Waals surface area (Å²) >= 11 is 0. The highest BCUT2D eigenvalue weighted by Crippen LogP contribution is 2.40. The monoisotopic (exact) mass is 495 g/mol. The van der Waals surface area contributed by atoms with Crippen molar-refractivity contribution < 1.29 is 19.6 Å². The minimum atomic E-state index is -0.447. The van der Waals surface area contributed by atoms with E-state index in [1.165, 1.54) is 5.56 Å². The molecule has 2 aromatic carbocycles. The van der Waals surface area contributed by atoms with Gasteiger partial charge in [-0.15, -0.1) is 0 Å². The molecule has 0 saturated heterocycles. The summed E-state index contributed by atoms with van der Waals surface area (Å²) in [5.41, 5.74) is 8.26. The number of hydrogen-bond donors (Lipinski definition) is 6. The third-order valence-corrected chi connectivity index (χ3v) is 6.58. The van der Waals surface area contributed by atoms with Gasteiger partial charge in [0.25, 0.3) is 0 Å². The van der Waals surface area contributed by atoms with E-state index in [2.05, 4.69) is 16.1 Å². The summed E-state index contributed by atoms with van der Waals surface area (Å²) in [6.45, 7) is 3.61. The molecule has 0 aromatic heterocycles. The third kappa shape index (κ3) is 8.44. The van der Waals surface area contributed by atoms with Crippen LogP contribution in [-0.2, 0) is 20.8 Å². The molecule has 1 fully saturated rings. The van der Waals surface area contributed by atoms with Crippen molar-refractivity contribution in [1.82, 2.24) is 10.9 Å². The van der Waals surface area contributed by atoms with Crippen LogP contribution in [0.15, 0.2) is 48.5 Å². The smallest absolute Gasteiger partial charge is 0.246 e. The van der Waals surface area contributed by atoms with Crippen LogP contribution < -0.4 is 27.4 Å². The van der Waals surface area contributed by atoms with Crippen molar-refractivity contribution in [3.63, 3.8) is 0 Å². The molecule has 4 unspecified atom stereocenters. The average molecular weight is 496 g/mol. The predicted molar refractivity (Wildman–Crippen MR) is 139 cm³/mol. The van der Waals surface area contributed by atoms with Gasteiger partial charge in [-0.05, 0) is 67.0 Å². The number of nitrogens with two attached hydrogens (primary N) is 1. The Morgan fingerprint density at radius 2 is 1.58 bits per heavy atom. The van der Waals surface area contributed by atoms with Gasteiger partial charge >= 0.3 is 0 Å². The molecule has 4 atom stereocenters. The largest absolute Gasteiger partial charge is 0.326 e. The highest BCUT2D eigenvalue weighted by molar-refractivity contribution is 5.91. The van der Waals surface area contributed by atoms with Crippen LogP contribution in [0.1, 0.15) is 63.0 Å². The fraction of sp³-hybridized carbons (Fsp3) is 0.444. The molecule has 3 amide bonds. The standard InChI is InChI=1S/C27H37N5O4/c1-17(14-18(2)27(35)32-36)15-26(34)30-21-10-6-19(7-11-21)4-3-5-25(33)29-22-12-8-20(9-13-22)23-16-24(23)31-28/h6-13,17-18,23-24,31,36H,3-5,14-16,28H2,1-2H3,(H,29,33)(H,30,34)(H,32,35). The van der Waals surface area contributed by atoms with Crippen molar-refractivity contribution >= 4 is 29.1 Å². The van der Waals surface area contributed by atoms with Crippen LogP contribution in [0.3, 0.4) is 0 Å². The molecule has 0 spiro atoms. The first kappa shape index (κ1) is 27.3. The average Bonchev–Trinajstić information content (AvgIpc) is 3.65. The lowest BCUT2D eigenvalue weighted by molar-refractivity contribution is -0.133. The zero-order chi connectivity index (χ0) is 26.1. The van der Waals surface area contributed by atoms with Gasteiger partial charge in [0.05, 0.1) is 0 Å². The number of amides is 3. The summed E-state index contributed by atoms with van der Waals surface area (Å²) in [6.07, 6.45) is 3.74. The van der Waals surface area contributed by atoms with E-state index in [0.717, 1.165) is 30.5 Å². The zero-order valence-corrected chi connectivity index (χ0v) is 20.9. The van der Waals surface area contributed by atoms with E-state index in [4.69, 9.17) is 11.0 Å². The van der Waals surface area contributed by atoms with Crippen LogP contribution in [0.25, 0.3) is 0 Å². The normalized spacial score (nSPS) is 18.1. The molecule has 0 aliphatic heterocycles. The summed E-state index contributed by atoms with van der Waals surface area (Å²) in [5.74, 6) is 4.98. The first-order valence-electron chi connectivity index (χ1n) is 12.5. The molecule has 0 radical (unpaired) electrons. The molecular formula is C27H37N5O4. The Labute approximate surface area is 212 Å². The molecule has 3 rings (SSSR count). The summed E-state index contributed by atoms with van der Waals surface area (Å²) in [7, 11) is 0. The van der Waals surface area contributed by atoms with Crippen molar-refractivity contribution in [2.24, 2.45) is 17.7 Å². The molecule has 194 valence electrons. The van der Waals surface area contributed by atoms with E-state index in [1.807, 2.05) is 55.5 Å². The molecule has 1 aliphatic carbocycles. The molecule has 9 nitrogen and oxygen atoms in total. The second kappa shape index (κ2) is 13.2. The zero-order valence-electron chi connectivity index (χ0n) is 20.9. The van der Waals surface area contributed by atoms with Crippen molar-refractivity contribution in [1.29, 1.82) is 0 Å². The van der Waals surface area contributed by atoms with Gasteiger partial charge in [-0.2, -0.15) is 0 Å². The summed E-state index contributed by atoms with van der Waals surface area (Å²) < 4.78 is 0. The quantitative estimate of drug-likeness (QED) is 0.143. The molecule has 36 heavy (non-hydrogen) atoms. The Balaban J connectivity index is 1.34. The Morgan fingerprint density at radius 1 is 0.972 bits per heavy atom. The van der Waals surface area contributed by atoms with Gasteiger partial charge in [0.1, 0.15) is 0 Å². The maximum Gasteiger partial charge on any atom is 0.246 e. The molecule has 1 saturated carbocycles. The third-order valence-electron chi connectivity index (χ3n) is 6.58. The Hall–Kier alpha value is -3.27. The molecule has 9 heteroatoms. The van der Waals surface area contributed by atoms with E-state index >= 15 is 0 Å². The van der Waals surface area contributed by atoms with Crippen LogP contribution in [0.4, 0.5) is 11.4 Å². The lowest BCUT2D eigenvalue weighted by atomic mass is 9.94. The van der Waals surface area contributed by atoms with Gasteiger partial charge in [0.2, 0.25) is 17.7 Å². The Bertz CT molecular complexity index is 1030. The van der Waals surface area contributed by atoms with E-state index in [-0.39, 0.29) is 30.1 Å². The Kier molecular flexibility index (Phi) is 9.98. The maximum atomic E-state index is 12.3. The van der Waals surface area contributed by atoms with Gasteiger partial charge in [-0.25, -0.2) is 5.48 Å². The summed E-state index contributed by atoms with van der Waals surface area (Å²) in [6, 6.07) is 15.9. The molecule has 0 heterocycles. The highest BCUT2D eigenvalue weighted by atomic mass is 16.5. The fourth-order valence-corrected chi connectivity index (χ4v) is 4.43. The lowest BCUT2D eigenvalue weighted by Gasteiger charge is -2.15. The van der Waals surface area contributed by atoms with Gasteiger partial charge in [0.15, 0.2) is 0 Å². The highest BCUT2D eigenvalue weighted by Gasteiger charge is 2.37. The minimum Gasteiger partial charge on any atom is -0.326 e. The number of rotatable bonds is 13. The van der Waals surface area contributed by atoms with E-state index in [1.54, 1.807) is 12.4 Å². The van der Waals surface area contributed by atoms with Gasteiger partial charge in [-0.1, -0.05) is 38.1 Å². The molecular weight excluding hydrogens is 458 g/mol. The van der Waals surface area contributed by atoms with E-state index < -0.39 is 5.91 Å². The van der Waals surface area contributed by atoms with Gasteiger partial charge < -0.3 is 10.6 Å². The molecule has 1 aliphatic rings. The maximum absolute atomic E-state index is 12.3. The molecule has 7 N–H and O–H groups in total. The summed E-state index contributed by atoms with van der Waals surface area (Å²) in [4.78, 5) is 36.0. The fourth-order valence-electron chi connectivity index (χ4n) is 4.43. The van der Waals surface area contributed by atoms with Crippen molar-refractivity contribution in [2.45, 2.75) is 64.3 Å². The Morgan fingerprint density at radius 3 is 2.17 bits per heavy atom. The van der Waals surface area contributed by atoms with E-state index in [9.17, 15) is 14.4 Å². The molecule has 2 aromatic rings. The van der Waals surface area contributed by atoms with Crippen LogP contribution >= 0.6 is 0 Å². The van der Waals surface area contributed by atoms with Crippen LogP contribution in [0.2, 0.25) is 0 Å². The number of hydrazine groups is 1. The summed E-state index contributed by atoms with van der Waals surface area (Å²) in [5, 5.41) is 14.5. The number of nitrogens with one attached hydrogen (secondary N) is 4. The van der Waals surface area contributed by atoms with Gasteiger partial charge in [0, 0.05) is 42.1 Å². The first-order chi connectivity index (χ1) is 17.3. The number of carbonyl (C=O) groups is 3. The first-order valence-corrected chi connectivity index (χ1v) is 12.5. The SMILES string of the molecule is CC(CC(=O)Nc1ccc(CCCC(=O)Nc2ccc(C3CC3NN)cc2)cc1)CC(C)C(=O)NO. The predicted octanol–water partition coefficient (Wildman–Crippen LogP) is 3.46. The number of anilines is 2. The second-order valence-corrected chi connectivity index (χ2v) is 9.81. The van der Waals surface area contributed by atoms with E-state index in [0.29, 0.717) is 30.5 Å². The number of hydroxylamine groups is 1.